The first-order chi connectivity index (χ1) is 33.2. The van der Waals surface area contributed by atoms with Crippen molar-refractivity contribution in [2.24, 2.45) is 17.8 Å². The molecule has 0 aliphatic heterocycles. The van der Waals surface area contributed by atoms with Crippen LogP contribution in [0.15, 0.2) is 79.0 Å². The number of benzene rings is 3. The van der Waals surface area contributed by atoms with E-state index in [1.807, 2.05) is 93.6 Å². The molecular formula is C53H69N7O10. The molecule has 0 radical (unpaired) electrons. The topological polar surface area (TPSA) is 256 Å². The Balaban J connectivity index is 1.38. The maximum Gasteiger partial charge on any atom is 0.326 e. The number of fused-ring (bicyclic) bond motifs is 3. The maximum absolute atomic E-state index is 14.6. The van der Waals surface area contributed by atoms with E-state index in [0.29, 0.717) is 31.2 Å². The van der Waals surface area contributed by atoms with E-state index in [9.17, 15) is 48.6 Å². The Morgan fingerprint density at radius 3 is 1.77 bits per heavy atom. The van der Waals surface area contributed by atoms with Gasteiger partial charge in [0.1, 0.15) is 36.3 Å². The van der Waals surface area contributed by atoms with Crippen LogP contribution in [-0.4, -0.2) is 111 Å². The van der Waals surface area contributed by atoms with E-state index in [1.165, 1.54) is 18.9 Å². The molecule has 0 fully saturated rings. The maximum atomic E-state index is 14.6. The van der Waals surface area contributed by atoms with Crippen LogP contribution in [0.2, 0.25) is 0 Å². The van der Waals surface area contributed by atoms with Gasteiger partial charge in [-0.05, 0) is 70.9 Å². The summed E-state index contributed by atoms with van der Waals surface area (Å²) in [6, 6.07) is 14.7. The summed E-state index contributed by atoms with van der Waals surface area (Å²) in [5.74, 6) is -8.94. The van der Waals surface area contributed by atoms with Gasteiger partial charge in [-0.25, -0.2) is 4.79 Å². The number of carbonyl (C=O) groups is 8. The zero-order valence-electron chi connectivity index (χ0n) is 41.3. The molecule has 17 heteroatoms. The van der Waals surface area contributed by atoms with E-state index in [1.54, 1.807) is 27.0 Å². The van der Waals surface area contributed by atoms with Gasteiger partial charge in [-0.1, -0.05) is 121 Å². The van der Waals surface area contributed by atoms with Crippen LogP contribution >= 0.6 is 0 Å². The summed E-state index contributed by atoms with van der Waals surface area (Å²) >= 11 is 0. The predicted octanol–water partition coefficient (Wildman–Crippen LogP) is 4.61. The molecule has 1 aromatic heterocycles. The zero-order chi connectivity index (χ0) is 51.4. The largest absolute Gasteiger partial charge is 0.481 e. The highest BCUT2D eigenvalue weighted by Gasteiger charge is 2.41. The van der Waals surface area contributed by atoms with Crippen molar-refractivity contribution in [3.05, 3.63) is 107 Å². The number of H-pyrrole nitrogens is 1. The van der Waals surface area contributed by atoms with Crippen molar-refractivity contribution in [2.45, 2.75) is 136 Å². The molecule has 1 aliphatic rings. The number of amides is 6. The lowest BCUT2D eigenvalue weighted by atomic mass is 9.82. The number of rotatable bonds is 23. The molecule has 17 nitrogen and oxygen atoms in total. The summed E-state index contributed by atoms with van der Waals surface area (Å²) in [7, 11) is 1.39. The van der Waals surface area contributed by atoms with Gasteiger partial charge in [-0.3, -0.25) is 33.6 Å². The van der Waals surface area contributed by atoms with Gasteiger partial charge in [0.2, 0.25) is 35.4 Å². The number of hydrogen-bond donors (Lipinski definition) is 8. The fourth-order valence-electron chi connectivity index (χ4n) is 9.38. The van der Waals surface area contributed by atoms with Crippen LogP contribution in [0.25, 0.3) is 10.9 Å². The minimum absolute atomic E-state index is 0.0423. The molecule has 0 saturated heterocycles. The summed E-state index contributed by atoms with van der Waals surface area (Å²) in [6.45, 7) is 12.0. The van der Waals surface area contributed by atoms with Crippen LogP contribution in [0.3, 0.4) is 0 Å². The Morgan fingerprint density at radius 1 is 0.671 bits per heavy atom. The third-order valence-corrected chi connectivity index (χ3v) is 13.5. The van der Waals surface area contributed by atoms with Crippen LogP contribution in [0.1, 0.15) is 108 Å². The molecule has 1 heterocycles. The first-order valence-electron chi connectivity index (χ1n) is 24.2. The highest BCUT2D eigenvalue weighted by Crippen LogP contribution is 2.37. The minimum Gasteiger partial charge on any atom is -0.481 e. The molecule has 8 N–H and O–H groups in total. The second-order valence-electron chi connectivity index (χ2n) is 19.0. The Hall–Kier alpha value is -7.04. The lowest BCUT2D eigenvalue weighted by Crippen LogP contribution is -2.62. The minimum atomic E-state index is -1.72. The number of aliphatic carboxylic acids is 2. The number of carboxylic acids is 2. The fraction of sp³-hybridized carbons (Fsp3) is 0.472. The number of carbonyl (C=O) groups excluding carboxylic acids is 6. The van der Waals surface area contributed by atoms with Gasteiger partial charge in [0.15, 0.2) is 0 Å². The second kappa shape index (κ2) is 24.5. The first-order valence-corrected chi connectivity index (χ1v) is 24.2. The first kappa shape index (κ1) is 53.9. The summed E-state index contributed by atoms with van der Waals surface area (Å²) in [5, 5.41) is 34.6. The normalized spacial score (nSPS) is 15.8. The highest BCUT2D eigenvalue weighted by molar-refractivity contribution is 5.98. The van der Waals surface area contributed by atoms with E-state index < -0.39 is 108 Å². The van der Waals surface area contributed by atoms with Gasteiger partial charge >= 0.3 is 11.9 Å². The third-order valence-electron chi connectivity index (χ3n) is 13.5. The molecule has 0 spiro atoms. The van der Waals surface area contributed by atoms with Gasteiger partial charge < -0.3 is 46.7 Å². The number of aromatic amines is 1. The molecule has 376 valence electrons. The van der Waals surface area contributed by atoms with Crippen LogP contribution in [0.5, 0.6) is 0 Å². The number of nitrogens with zero attached hydrogens (tertiary/aromatic N) is 1. The van der Waals surface area contributed by atoms with E-state index in [-0.39, 0.29) is 18.8 Å². The Kier molecular flexibility index (Phi) is 18.9. The van der Waals surface area contributed by atoms with Gasteiger partial charge in [0.25, 0.3) is 0 Å². The number of aromatic nitrogens is 1. The molecule has 8 atom stereocenters. The van der Waals surface area contributed by atoms with Crippen molar-refractivity contribution in [3.63, 3.8) is 0 Å². The molecule has 1 aliphatic carbocycles. The van der Waals surface area contributed by atoms with Gasteiger partial charge in [0.05, 0.1) is 6.42 Å². The number of para-hydroxylation sites is 1. The monoisotopic (exact) mass is 964 g/mol. The summed E-state index contributed by atoms with van der Waals surface area (Å²) in [5.41, 5.74) is 5.19. The standard InChI is InChI=1S/C53H69N7O10/c1-9-30(5)45(52(68)60(8)47(31(6)10-2)51(67)58-42(53(69)70)26-35-28-54-39-22-16-15-19-36(35)39)59-49(65)41(27-43(62)63)56-48(64)40(25-29(3)4)57-50(66)46(55-32(7)61)44-37-20-13-11-17-33(37)23-24-34-18-12-14-21-38(34)44/h11-22,28-31,40-42,44-47,54H,9-10,23-27H2,1-8H3,(H,55,61)(H,56,64)(H,57,66)(H,58,67)(H,59,65)(H,62,63)(H,69,70)/t30-,31+,40-,41+,42-,45-,46+,47+/m0/s1. The summed E-state index contributed by atoms with van der Waals surface area (Å²) in [4.78, 5) is 114. The number of hydrogen-bond acceptors (Lipinski definition) is 8. The molecule has 0 bridgehead atoms. The third kappa shape index (κ3) is 13.4. The van der Waals surface area contributed by atoms with Crippen LogP contribution in [0.4, 0.5) is 0 Å². The van der Waals surface area contributed by atoms with E-state index >= 15 is 0 Å². The lowest BCUT2D eigenvalue weighted by Gasteiger charge is -2.36. The van der Waals surface area contributed by atoms with Crippen molar-refractivity contribution in [3.8, 4) is 0 Å². The van der Waals surface area contributed by atoms with Crippen LogP contribution in [-0.2, 0) is 57.6 Å². The van der Waals surface area contributed by atoms with E-state index in [2.05, 4.69) is 31.6 Å². The van der Waals surface area contributed by atoms with Crippen molar-refractivity contribution in [2.75, 3.05) is 7.05 Å². The molecule has 4 aromatic rings. The smallest absolute Gasteiger partial charge is 0.326 e. The molecule has 5 rings (SSSR count). The van der Waals surface area contributed by atoms with Crippen molar-refractivity contribution in [1.82, 2.24) is 36.5 Å². The molecule has 3 aromatic carbocycles. The Bertz CT molecular complexity index is 2490. The number of carboxylic acid groups (broad SMARTS) is 2. The highest BCUT2D eigenvalue weighted by atomic mass is 16.4. The molecule has 70 heavy (non-hydrogen) atoms. The zero-order valence-corrected chi connectivity index (χ0v) is 41.3. The average molecular weight is 964 g/mol. The molecular weight excluding hydrogens is 895 g/mol. The average Bonchev–Trinajstić information content (AvgIpc) is 3.65. The van der Waals surface area contributed by atoms with Crippen LogP contribution < -0.4 is 26.6 Å². The van der Waals surface area contributed by atoms with Crippen LogP contribution in [0, 0.1) is 17.8 Å². The SMILES string of the molecule is CC[C@@H](C)[C@H](C(=O)N[C@@H](Cc1c[nH]c2ccccc12)C(=O)O)N(C)C(=O)[C@@H](NC(=O)[C@@H](CC(=O)O)NC(=O)[C@H](CC(C)C)NC(=O)[C@H](NC(C)=O)C1c2ccccc2CCc2ccccc21)[C@@H](C)CC. The van der Waals surface area contributed by atoms with Gasteiger partial charge in [-0.15, -0.1) is 0 Å². The summed E-state index contributed by atoms with van der Waals surface area (Å²) < 4.78 is 0. The summed E-state index contributed by atoms with van der Waals surface area (Å²) in [6.07, 6.45) is 3.03. The number of likely N-dealkylation sites (N-methyl/N-ethyl adjacent to an activating group) is 1. The van der Waals surface area contributed by atoms with Gasteiger partial charge in [0, 0.05) is 43.4 Å². The fourth-order valence-corrected chi connectivity index (χ4v) is 9.38. The Labute approximate surface area is 409 Å². The van der Waals surface area contributed by atoms with Crippen molar-refractivity contribution >= 4 is 58.3 Å². The van der Waals surface area contributed by atoms with Crippen molar-refractivity contribution < 1.29 is 48.6 Å². The number of nitrogens with one attached hydrogen (secondary N) is 6. The quantitative estimate of drug-likeness (QED) is 0.0512. The van der Waals surface area contributed by atoms with Crippen molar-refractivity contribution in [1.29, 1.82) is 0 Å². The van der Waals surface area contributed by atoms with E-state index in [0.717, 1.165) is 33.2 Å². The Morgan fingerprint density at radius 2 is 1.21 bits per heavy atom. The predicted molar refractivity (Wildman–Crippen MR) is 264 cm³/mol. The lowest BCUT2D eigenvalue weighted by molar-refractivity contribution is -0.147. The van der Waals surface area contributed by atoms with Gasteiger partial charge in [-0.2, -0.15) is 0 Å². The molecule has 6 amide bonds. The molecule has 0 unspecified atom stereocenters. The van der Waals surface area contributed by atoms with E-state index in [4.69, 9.17) is 0 Å². The molecule has 0 saturated carbocycles. The second-order valence-corrected chi connectivity index (χ2v) is 19.0. The number of aryl methyl sites for hydroxylation is 2.